The Morgan fingerprint density at radius 2 is 2.06 bits per heavy atom. The Morgan fingerprint density at radius 1 is 1.39 bits per heavy atom. The first-order chi connectivity index (χ1) is 8.32. The molecule has 0 unspecified atom stereocenters. The lowest BCUT2D eigenvalue weighted by molar-refractivity contribution is 0.0870. The van der Waals surface area contributed by atoms with E-state index in [2.05, 4.69) is 5.32 Å². The molecule has 102 valence electrons. The van der Waals surface area contributed by atoms with E-state index in [4.69, 9.17) is 15.6 Å². The molecule has 7 heteroatoms. The van der Waals surface area contributed by atoms with Gasteiger partial charge in [-0.3, -0.25) is 0 Å². The van der Waals surface area contributed by atoms with Gasteiger partial charge < -0.3 is 15.8 Å². The predicted octanol–water partition coefficient (Wildman–Crippen LogP) is 0.753. The van der Waals surface area contributed by atoms with Gasteiger partial charge >= 0.3 is 0 Å². The van der Waals surface area contributed by atoms with Crippen LogP contribution in [0.5, 0.6) is 0 Å². The van der Waals surface area contributed by atoms with Crippen molar-refractivity contribution < 1.29 is 13.2 Å². The van der Waals surface area contributed by atoms with E-state index in [1.165, 1.54) is 6.07 Å². The molecule has 6 nitrogen and oxygen atoms in total. The summed E-state index contributed by atoms with van der Waals surface area (Å²) in [5.74, 6) is 0. The highest BCUT2D eigenvalue weighted by atomic mass is 32.2. The Bertz CT molecular complexity index is 500. The predicted molar refractivity (Wildman–Crippen MR) is 71.8 cm³/mol. The van der Waals surface area contributed by atoms with E-state index >= 15 is 0 Å². The van der Waals surface area contributed by atoms with E-state index < -0.39 is 10.0 Å². The SMILES string of the molecule is CC(C)OCCNc1cccc(S(N)(=O)=O)c1N. The highest BCUT2D eigenvalue weighted by Gasteiger charge is 2.14. The zero-order chi connectivity index (χ0) is 13.8. The van der Waals surface area contributed by atoms with Crippen LogP contribution in [0.2, 0.25) is 0 Å². The van der Waals surface area contributed by atoms with Crippen LogP contribution in [0.4, 0.5) is 11.4 Å². The summed E-state index contributed by atoms with van der Waals surface area (Å²) in [6.45, 7) is 4.93. The van der Waals surface area contributed by atoms with Crippen molar-refractivity contribution in [2.24, 2.45) is 5.14 Å². The maximum absolute atomic E-state index is 11.3. The number of benzene rings is 1. The fraction of sp³-hybridized carbons (Fsp3) is 0.455. The topological polar surface area (TPSA) is 107 Å². The second-order valence-electron chi connectivity index (χ2n) is 4.11. The normalized spacial score (nSPS) is 11.8. The Balaban J connectivity index is 2.73. The Morgan fingerprint density at radius 3 is 2.61 bits per heavy atom. The summed E-state index contributed by atoms with van der Waals surface area (Å²) in [6.07, 6.45) is 0.153. The second-order valence-corrected chi connectivity index (χ2v) is 5.64. The first-order valence-electron chi connectivity index (χ1n) is 5.59. The zero-order valence-electron chi connectivity index (χ0n) is 10.5. The van der Waals surface area contributed by atoms with Crippen molar-refractivity contribution in [2.45, 2.75) is 24.8 Å². The van der Waals surface area contributed by atoms with Crippen LogP contribution in [0.1, 0.15) is 13.8 Å². The summed E-state index contributed by atoms with van der Waals surface area (Å²) in [6, 6.07) is 4.65. The van der Waals surface area contributed by atoms with Gasteiger partial charge in [-0.2, -0.15) is 0 Å². The van der Waals surface area contributed by atoms with Gasteiger partial charge in [0.1, 0.15) is 4.90 Å². The number of nitrogens with one attached hydrogen (secondary N) is 1. The van der Waals surface area contributed by atoms with Crippen molar-refractivity contribution in [2.75, 3.05) is 24.2 Å². The first-order valence-corrected chi connectivity index (χ1v) is 7.13. The minimum absolute atomic E-state index is 0.0720. The maximum atomic E-state index is 11.3. The van der Waals surface area contributed by atoms with E-state index in [-0.39, 0.29) is 16.7 Å². The summed E-state index contributed by atoms with van der Waals surface area (Å²) < 4.78 is 27.9. The minimum Gasteiger partial charge on any atom is -0.396 e. The average molecular weight is 273 g/mol. The molecule has 0 aliphatic heterocycles. The number of para-hydroxylation sites is 1. The monoisotopic (exact) mass is 273 g/mol. The van der Waals surface area contributed by atoms with Gasteiger partial charge in [0.2, 0.25) is 10.0 Å². The number of anilines is 2. The number of nitrogen functional groups attached to an aromatic ring is 1. The number of nitrogens with two attached hydrogens (primary N) is 2. The quantitative estimate of drug-likeness (QED) is 0.523. The van der Waals surface area contributed by atoms with Crippen molar-refractivity contribution in [1.29, 1.82) is 0 Å². The molecule has 0 fully saturated rings. The van der Waals surface area contributed by atoms with Crippen molar-refractivity contribution in [1.82, 2.24) is 0 Å². The van der Waals surface area contributed by atoms with Crippen LogP contribution in [0.3, 0.4) is 0 Å². The van der Waals surface area contributed by atoms with Crippen molar-refractivity contribution in [3.8, 4) is 0 Å². The van der Waals surface area contributed by atoms with E-state index in [0.717, 1.165) is 0 Å². The largest absolute Gasteiger partial charge is 0.396 e. The molecule has 0 bridgehead atoms. The highest BCUT2D eigenvalue weighted by molar-refractivity contribution is 7.89. The molecule has 0 radical (unpaired) electrons. The molecule has 0 atom stereocenters. The molecule has 0 amide bonds. The van der Waals surface area contributed by atoms with Crippen LogP contribution < -0.4 is 16.2 Å². The molecular weight excluding hydrogens is 254 g/mol. The molecular formula is C11H19N3O3S. The number of sulfonamides is 1. The number of hydrogen-bond acceptors (Lipinski definition) is 5. The van der Waals surface area contributed by atoms with Gasteiger partial charge in [0.05, 0.1) is 24.1 Å². The number of hydrogen-bond donors (Lipinski definition) is 3. The zero-order valence-corrected chi connectivity index (χ0v) is 11.3. The van der Waals surface area contributed by atoms with Gasteiger partial charge in [0.15, 0.2) is 0 Å². The third-order valence-corrected chi connectivity index (χ3v) is 3.21. The highest BCUT2D eigenvalue weighted by Crippen LogP contribution is 2.25. The van der Waals surface area contributed by atoms with Crippen LogP contribution in [0.15, 0.2) is 23.1 Å². The number of primary sulfonamides is 1. The number of rotatable bonds is 6. The fourth-order valence-electron chi connectivity index (χ4n) is 1.43. The third-order valence-electron chi connectivity index (χ3n) is 2.24. The molecule has 0 saturated carbocycles. The van der Waals surface area contributed by atoms with Crippen LogP contribution in [0.25, 0.3) is 0 Å². The van der Waals surface area contributed by atoms with Crippen molar-refractivity contribution >= 4 is 21.4 Å². The second kappa shape index (κ2) is 6.03. The standard InChI is InChI=1S/C11H19N3O3S/c1-8(2)17-7-6-14-9-4-3-5-10(11(9)12)18(13,15)16/h3-5,8,14H,6-7,12H2,1-2H3,(H2,13,15,16). The fourth-order valence-corrected chi connectivity index (χ4v) is 2.11. The van der Waals surface area contributed by atoms with E-state index in [9.17, 15) is 8.42 Å². The lowest BCUT2D eigenvalue weighted by Gasteiger charge is -2.13. The summed E-state index contributed by atoms with van der Waals surface area (Å²) in [5, 5.41) is 8.07. The molecule has 1 rings (SSSR count). The molecule has 0 aromatic heterocycles. The molecule has 18 heavy (non-hydrogen) atoms. The lowest BCUT2D eigenvalue weighted by atomic mass is 10.2. The Hall–Kier alpha value is -1.31. The summed E-state index contributed by atoms with van der Waals surface area (Å²) in [7, 11) is -3.80. The molecule has 0 heterocycles. The van der Waals surface area contributed by atoms with Crippen LogP contribution in [0, 0.1) is 0 Å². The van der Waals surface area contributed by atoms with Crippen LogP contribution in [-0.4, -0.2) is 27.7 Å². The lowest BCUT2D eigenvalue weighted by Crippen LogP contribution is -2.17. The van der Waals surface area contributed by atoms with Crippen LogP contribution >= 0.6 is 0 Å². The van der Waals surface area contributed by atoms with Crippen molar-refractivity contribution in [3.05, 3.63) is 18.2 Å². The van der Waals surface area contributed by atoms with E-state index in [1.54, 1.807) is 12.1 Å². The molecule has 1 aromatic carbocycles. The Labute approximate surface area is 107 Å². The molecule has 0 aliphatic rings. The summed E-state index contributed by atoms with van der Waals surface area (Å²) in [4.78, 5) is -0.0720. The molecule has 1 aromatic rings. The third kappa shape index (κ3) is 4.17. The van der Waals surface area contributed by atoms with E-state index in [0.29, 0.717) is 18.8 Å². The van der Waals surface area contributed by atoms with Gasteiger partial charge in [0, 0.05) is 6.54 Å². The van der Waals surface area contributed by atoms with Gasteiger partial charge in [-0.25, -0.2) is 13.6 Å². The average Bonchev–Trinajstić information content (AvgIpc) is 2.24. The first kappa shape index (κ1) is 14.7. The van der Waals surface area contributed by atoms with Gasteiger partial charge in [-0.15, -0.1) is 0 Å². The van der Waals surface area contributed by atoms with Crippen LogP contribution in [-0.2, 0) is 14.8 Å². The Kier molecular flexibility index (Phi) is 4.94. The van der Waals surface area contributed by atoms with Crippen molar-refractivity contribution in [3.63, 3.8) is 0 Å². The van der Waals surface area contributed by atoms with Gasteiger partial charge in [0.25, 0.3) is 0 Å². The summed E-state index contributed by atoms with van der Waals surface area (Å²) >= 11 is 0. The smallest absolute Gasteiger partial charge is 0.240 e. The van der Waals surface area contributed by atoms with Gasteiger partial charge in [-0.05, 0) is 26.0 Å². The molecule has 0 aliphatic carbocycles. The maximum Gasteiger partial charge on any atom is 0.240 e. The van der Waals surface area contributed by atoms with Gasteiger partial charge in [-0.1, -0.05) is 6.07 Å². The number of ether oxygens (including phenoxy) is 1. The minimum atomic E-state index is -3.80. The molecule has 0 saturated heterocycles. The summed E-state index contributed by atoms with van der Waals surface area (Å²) in [5.41, 5.74) is 6.41. The van der Waals surface area contributed by atoms with E-state index in [1.807, 2.05) is 13.8 Å². The molecule has 5 N–H and O–H groups in total. The molecule has 0 spiro atoms.